The summed E-state index contributed by atoms with van der Waals surface area (Å²) in [5.41, 5.74) is 1.91. The summed E-state index contributed by atoms with van der Waals surface area (Å²) in [5.74, 6) is 0.754. The number of rotatable bonds is 5. The van der Waals surface area contributed by atoms with Crippen molar-refractivity contribution in [1.82, 2.24) is 14.9 Å². The van der Waals surface area contributed by atoms with E-state index in [0.717, 1.165) is 23.4 Å². The first kappa shape index (κ1) is 16.0. The molecule has 0 saturated carbocycles. The zero-order valence-electron chi connectivity index (χ0n) is 13.2. The van der Waals surface area contributed by atoms with Crippen LogP contribution in [0.15, 0.2) is 36.8 Å². The highest BCUT2D eigenvalue weighted by Gasteiger charge is 2.21. The maximum atomic E-state index is 6.17. The van der Waals surface area contributed by atoms with Gasteiger partial charge in [-0.15, -0.1) is 0 Å². The molecule has 0 radical (unpaired) electrons. The van der Waals surface area contributed by atoms with E-state index in [0.29, 0.717) is 17.8 Å². The molecule has 2 aromatic heterocycles. The highest BCUT2D eigenvalue weighted by atomic mass is 35.5. The molecule has 0 bridgehead atoms. The van der Waals surface area contributed by atoms with E-state index < -0.39 is 0 Å². The predicted molar refractivity (Wildman–Crippen MR) is 93.6 cm³/mol. The van der Waals surface area contributed by atoms with Crippen LogP contribution in [0, 0.1) is 0 Å². The zero-order chi connectivity index (χ0) is 16.1. The van der Waals surface area contributed by atoms with Crippen molar-refractivity contribution in [2.24, 2.45) is 0 Å². The van der Waals surface area contributed by atoms with Crippen molar-refractivity contribution in [3.8, 4) is 5.75 Å². The first-order valence-electron chi connectivity index (χ1n) is 7.79. The van der Waals surface area contributed by atoms with Crippen LogP contribution in [-0.2, 0) is 0 Å². The molecule has 1 aliphatic rings. The number of ether oxygens (including phenoxy) is 1. The molecule has 1 aliphatic heterocycles. The van der Waals surface area contributed by atoms with Gasteiger partial charge in [0.2, 0.25) is 0 Å². The Morgan fingerprint density at radius 3 is 2.91 bits per heavy atom. The summed E-state index contributed by atoms with van der Waals surface area (Å²) in [6.07, 6.45) is 11.6. The van der Waals surface area contributed by atoms with Crippen LogP contribution in [0.4, 0.5) is 0 Å². The van der Waals surface area contributed by atoms with Crippen molar-refractivity contribution in [2.45, 2.75) is 18.9 Å². The van der Waals surface area contributed by atoms with Crippen LogP contribution in [0.3, 0.4) is 0 Å². The van der Waals surface area contributed by atoms with Gasteiger partial charge in [0.05, 0.1) is 6.20 Å². The topological polar surface area (TPSA) is 38.2 Å². The van der Waals surface area contributed by atoms with Crippen molar-refractivity contribution >= 4 is 23.8 Å². The summed E-state index contributed by atoms with van der Waals surface area (Å²) in [6, 6.07) is 6.30. The molecule has 1 fully saturated rings. The number of pyridine rings is 2. The number of aromatic nitrogens is 2. The van der Waals surface area contributed by atoms with E-state index in [1.54, 1.807) is 18.6 Å². The van der Waals surface area contributed by atoms with E-state index in [4.69, 9.17) is 16.3 Å². The maximum absolute atomic E-state index is 6.17. The third kappa shape index (κ3) is 4.30. The largest absolute Gasteiger partial charge is 0.490 e. The molecule has 4 nitrogen and oxygen atoms in total. The molecule has 3 rings (SSSR count). The van der Waals surface area contributed by atoms with Gasteiger partial charge in [0, 0.05) is 24.0 Å². The number of likely N-dealkylation sites (N-methyl/N-ethyl adjacent to an activating group) is 1. The lowest BCUT2D eigenvalue weighted by Gasteiger charge is -2.19. The molecule has 0 aliphatic carbocycles. The molecule has 5 heteroatoms. The Bertz CT molecular complexity index is 675. The van der Waals surface area contributed by atoms with Crippen molar-refractivity contribution < 1.29 is 4.74 Å². The number of halogens is 1. The summed E-state index contributed by atoms with van der Waals surface area (Å²) < 4.78 is 5.90. The lowest BCUT2D eigenvalue weighted by atomic mass is 10.2. The van der Waals surface area contributed by atoms with Crippen LogP contribution in [0.5, 0.6) is 5.75 Å². The fraction of sp³-hybridized carbons (Fsp3) is 0.333. The number of likely N-dealkylation sites (tertiary alicyclic amines) is 1. The second-order valence-corrected chi connectivity index (χ2v) is 6.11. The average molecular weight is 329 g/mol. The van der Waals surface area contributed by atoms with Crippen LogP contribution < -0.4 is 4.74 Å². The molecular weight excluding hydrogens is 309 g/mol. The highest BCUT2D eigenvalue weighted by Crippen LogP contribution is 2.23. The van der Waals surface area contributed by atoms with Gasteiger partial charge in [-0.2, -0.15) is 0 Å². The second kappa shape index (κ2) is 7.57. The van der Waals surface area contributed by atoms with Crippen LogP contribution >= 0.6 is 11.6 Å². The van der Waals surface area contributed by atoms with Crippen molar-refractivity contribution in [3.05, 3.63) is 53.1 Å². The SMILES string of the molecule is [11CH3]N1CCC[C@H]1COc1cnc(Cl)c(/C=C/c2ccncc2)c1. The Morgan fingerprint density at radius 2 is 2.17 bits per heavy atom. The monoisotopic (exact) mass is 328 g/mol. The molecular formula is C18H20ClN3O. The molecule has 1 atom stereocenters. The number of hydrogen-bond acceptors (Lipinski definition) is 4. The smallest absolute Gasteiger partial charge is 0.138 e. The quantitative estimate of drug-likeness (QED) is 0.783. The minimum atomic E-state index is 0.473. The van der Waals surface area contributed by atoms with E-state index in [2.05, 4.69) is 21.9 Å². The minimum Gasteiger partial charge on any atom is -0.490 e. The van der Waals surface area contributed by atoms with E-state index in [-0.39, 0.29) is 0 Å². The molecule has 0 spiro atoms. The van der Waals surface area contributed by atoms with Crippen LogP contribution in [0.25, 0.3) is 12.2 Å². The van der Waals surface area contributed by atoms with Gasteiger partial charge in [0.25, 0.3) is 0 Å². The Morgan fingerprint density at radius 1 is 1.35 bits per heavy atom. The molecule has 2 aromatic rings. The summed E-state index contributed by atoms with van der Waals surface area (Å²) in [4.78, 5) is 10.6. The Hall–Kier alpha value is -1.91. The summed E-state index contributed by atoms with van der Waals surface area (Å²) in [7, 11) is 2.14. The predicted octanol–water partition coefficient (Wildman–Crippen LogP) is 3.77. The molecule has 3 heterocycles. The van der Waals surface area contributed by atoms with E-state index in [1.807, 2.05) is 30.4 Å². The van der Waals surface area contributed by atoms with Gasteiger partial charge >= 0.3 is 0 Å². The van der Waals surface area contributed by atoms with E-state index >= 15 is 0 Å². The van der Waals surface area contributed by atoms with Crippen LogP contribution in [0.2, 0.25) is 5.15 Å². The van der Waals surface area contributed by atoms with Crippen LogP contribution in [-0.4, -0.2) is 41.1 Å². The second-order valence-electron chi connectivity index (χ2n) is 5.75. The first-order valence-corrected chi connectivity index (χ1v) is 8.17. The molecule has 0 N–H and O–H groups in total. The lowest BCUT2D eigenvalue weighted by molar-refractivity contribution is 0.198. The number of nitrogens with zero attached hydrogens (tertiary/aromatic N) is 3. The standard InChI is InChI=1S/C18H20ClN3O/c1-22-10-2-3-16(22)13-23-17-11-15(18(19)21-12-17)5-4-14-6-8-20-9-7-14/h4-9,11-12,16H,2-3,10,13H2,1H3/b5-4+/t16-/m0/s1/i1-1. The molecule has 0 aromatic carbocycles. The van der Waals surface area contributed by atoms with Crippen molar-refractivity contribution in [1.29, 1.82) is 0 Å². The molecule has 0 unspecified atom stereocenters. The molecule has 0 amide bonds. The van der Waals surface area contributed by atoms with E-state index in [9.17, 15) is 0 Å². The Kier molecular flexibility index (Phi) is 5.26. The van der Waals surface area contributed by atoms with Gasteiger partial charge in [-0.1, -0.05) is 23.8 Å². The molecule has 1 saturated heterocycles. The van der Waals surface area contributed by atoms with Gasteiger partial charge in [0.1, 0.15) is 17.5 Å². The Labute approximate surface area is 141 Å². The van der Waals surface area contributed by atoms with Gasteiger partial charge < -0.3 is 9.64 Å². The number of hydrogen-bond donors (Lipinski definition) is 0. The van der Waals surface area contributed by atoms with Crippen LogP contribution in [0.1, 0.15) is 24.0 Å². The van der Waals surface area contributed by atoms with Gasteiger partial charge in [0.15, 0.2) is 0 Å². The molecule has 120 valence electrons. The zero-order valence-corrected chi connectivity index (χ0v) is 13.9. The third-order valence-corrected chi connectivity index (χ3v) is 4.43. The fourth-order valence-electron chi connectivity index (χ4n) is 2.68. The lowest BCUT2D eigenvalue weighted by Crippen LogP contribution is -2.30. The highest BCUT2D eigenvalue weighted by molar-refractivity contribution is 6.31. The molecule has 23 heavy (non-hydrogen) atoms. The maximum Gasteiger partial charge on any atom is 0.138 e. The minimum absolute atomic E-state index is 0.473. The van der Waals surface area contributed by atoms with Gasteiger partial charge in [-0.25, -0.2) is 4.98 Å². The Balaban J connectivity index is 1.67. The fourth-order valence-corrected chi connectivity index (χ4v) is 2.85. The summed E-state index contributed by atoms with van der Waals surface area (Å²) >= 11 is 6.17. The van der Waals surface area contributed by atoms with Gasteiger partial charge in [-0.3, -0.25) is 4.98 Å². The first-order chi connectivity index (χ1) is 11.2. The van der Waals surface area contributed by atoms with Crippen molar-refractivity contribution in [2.75, 3.05) is 20.2 Å². The summed E-state index contributed by atoms with van der Waals surface area (Å²) in [6.45, 7) is 1.83. The normalized spacial score (nSPS) is 18.6. The van der Waals surface area contributed by atoms with Gasteiger partial charge in [-0.05, 0) is 50.2 Å². The average Bonchev–Trinajstić information content (AvgIpc) is 2.99. The van der Waals surface area contributed by atoms with E-state index in [1.165, 1.54) is 12.8 Å². The van der Waals surface area contributed by atoms with Crippen molar-refractivity contribution in [3.63, 3.8) is 0 Å². The summed E-state index contributed by atoms with van der Waals surface area (Å²) in [5, 5.41) is 0.473. The third-order valence-electron chi connectivity index (χ3n) is 4.12.